The molecule has 0 aliphatic carbocycles. The Morgan fingerprint density at radius 2 is 1.95 bits per heavy atom. The molecule has 1 aromatic heterocycles. The van der Waals surface area contributed by atoms with E-state index in [0.29, 0.717) is 30.0 Å². The molecule has 1 aliphatic heterocycles. The summed E-state index contributed by atoms with van der Waals surface area (Å²) in [5.74, 6) is 0.0583. The van der Waals surface area contributed by atoms with Gasteiger partial charge in [0.2, 0.25) is 0 Å². The minimum atomic E-state index is -1.11. The smallest absolute Gasteiger partial charge is 0.337 e. The molecule has 1 aromatic carbocycles. The second-order valence-electron chi connectivity index (χ2n) is 5.04. The van der Waals surface area contributed by atoms with Gasteiger partial charge in [0.1, 0.15) is 0 Å². The summed E-state index contributed by atoms with van der Waals surface area (Å²) in [6.45, 7) is 0.617. The van der Waals surface area contributed by atoms with Gasteiger partial charge in [0.15, 0.2) is 17.8 Å². The Labute approximate surface area is 126 Å². The SMILES string of the molecule is COc1cc2c(cc1OC)-c1c(C=O)c(C(=O)O)cn1CC2. The standard InChI is InChI=1S/C16H15NO5/c1-21-13-5-9-3-4-17-7-11(16(19)20)12(8-18)15(17)10(9)6-14(13)22-2/h5-8H,3-4H2,1-2H3,(H,19,20). The topological polar surface area (TPSA) is 77.8 Å². The number of aromatic carboxylic acids is 1. The molecule has 3 rings (SSSR count). The lowest BCUT2D eigenvalue weighted by molar-refractivity contribution is 0.0694. The minimum absolute atomic E-state index is 0.0210. The zero-order valence-electron chi connectivity index (χ0n) is 12.3. The van der Waals surface area contributed by atoms with Crippen LogP contribution in [0.25, 0.3) is 11.3 Å². The van der Waals surface area contributed by atoms with Gasteiger partial charge in [0.05, 0.1) is 31.0 Å². The van der Waals surface area contributed by atoms with E-state index in [-0.39, 0.29) is 11.1 Å². The van der Waals surface area contributed by atoms with Crippen molar-refractivity contribution in [3.05, 3.63) is 35.0 Å². The van der Waals surface area contributed by atoms with E-state index >= 15 is 0 Å². The second-order valence-corrected chi connectivity index (χ2v) is 5.04. The number of ether oxygens (including phenoxy) is 2. The van der Waals surface area contributed by atoms with E-state index in [1.807, 2.05) is 6.07 Å². The van der Waals surface area contributed by atoms with Gasteiger partial charge in [0.25, 0.3) is 0 Å². The van der Waals surface area contributed by atoms with E-state index in [4.69, 9.17) is 9.47 Å². The predicted molar refractivity (Wildman–Crippen MR) is 79.0 cm³/mol. The highest BCUT2D eigenvalue weighted by Gasteiger charge is 2.27. The number of hydrogen-bond acceptors (Lipinski definition) is 4. The molecule has 0 fully saturated rings. The largest absolute Gasteiger partial charge is 0.493 e. The molecule has 2 aromatic rings. The molecule has 6 nitrogen and oxygen atoms in total. The van der Waals surface area contributed by atoms with Crippen molar-refractivity contribution in [3.63, 3.8) is 0 Å². The number of aryl methyl sites for hydroxylation is 2. The second kappa shape index (κ2) is 5.22. The van der Waals surface area contributed by atoms with Crippen molar-refractivity contribution in [2.45, 2.75) is 13.0 Å². The van der Waals surface area contributed by atoms with Crippen molar-refractivity contribution in [1.82, 2.24) is 4.57 Å². The normalized spacial score (nSPS) is 12.3. The molecule has 114 valence electrons. The van der Waals surface area contributed by atoms with Gasteiger partial charge in [0, 0.05) is 18.3 Å². The molecule has 0 spiro atoms. The third kappa shape index (κ3) is 1.95. The summed E-state index contributed by atoms with van der Waals surface area (Å²) in [5, 5.41) is 9.26. The molecule has 22 heavy (non-hydrogen) atoms. The quantitative estimate of drug-likeness (QED) is 0.876. The Kier molecular flexibility index (Phi) is 3.36. The Morgan fingerprint density at radius 3 is 2.55 bits per heavy atom. The number of aldehydes is 1. The molecule has 6 heteroatoms. The van der Waals surface area contributed by atoms with E-state index in [2.05, 4.69) is 0 Å². The van der Waals surface area contributed by atoms with Crippen molar-refractivity contribution in [1.29, 1.82) is 0 Å². The third-order valence-electron chi connectivity index (χ3n) is 3.95. The number of carboxylic acids is 1. The number of hydrogen-bond donors (Lipinski definition) is 1. The summed E-state index contributed by atoms with van der Waals surface area (Å²) in [7, 11) is 3.10. The number of aromatic nitrogens is 1. The van der Waals surface area contributed by atoms with Crippen molar-refractivity contribution in [2.75, 3.05) is 14.2 Å². The highest BCUT2D eigenvalue weighted by atomic mass is 16.5. The van der Waals surface area contributed by atoms with Gasteiger partial charge in [-0.1, -0.05) is 0 Å². The van der Waals surface area contributed by atoms with Crippen molar-refractivity contribution < 1.29 is 24.2 Å². The van der Waals surface area contributed by atoms with Crippen molar-refractivity contribution >= 4 is 12.3 Å². The van der Waals surface area contributed by atoms with Crippen LogP contribution in [0.1, 0.15) is 26.3 Å². The molecule has 0 bridgehead atoms. The molecule has 1 aliphatic rings. The highest BCUT2D eigenvalue weighted by molar-refractivity contribution is 6.02. The Morgan fingerprint density at radius 1 is 1.27 bits per heavy atom. The number of carbonyl (C=O) groups is 2. The van der Waals surface area contributed by atoms with E-state index in [9.17, 15) is 14.7 Å². The summed E-state index contributed by atoms with van der Waals surface area (Å²) in [6, 6.07) is 3.66. The molecule has 0 radical (unpaired) electrons. The maximum atomic E-state index is 11.4. The van der Waals surface area contributed by atoms with Crippen LogP contribution in [0.4, 0.5) is 0 Å². The average molecular weight is 301 g/mol. The van der Waals surface area contributed by atoms with E-state index in [1.54, 1.807) is 17.7 Å². The number of carboxylic acid groups (broad SMARTS) is 1. The first-order valence-electron chi connectivity index (χ1n) is 6.77. The van der Waals surface area contributed by atoms with Crippen molar-refractivity contribution in [3.8, 4) is 22.8 Å². The fourth-order valence-corrected chi connectivity index (χ4v) is 2.93. The van der Waals surface area contributed by atoms with Gasteiger partial charge < -0.3 is 19.1 Å². The number of methoxy groups -OCH3 is 2. The Hall–Kier alpha value is -2.76. The summed E-state index contributed by atoms with van der Waals surface area (Å²) < 4.78 is 12.4. The molecule has 0 saturated heterocycles. The van der Waals surface area contributed by atoms with Crippen LogP contribution >= 0.6 is 0 Å². The average Bonchev–Trinajstić information content (AvgIpc) is 2.92. The number of fused-ring (bicyclic) bond motifs is 3. The first kappa shape index (κ1) is 14.2. The Bertz CT molecular complexity index is 775. The molecule has 0 saturated carbocycles. The number of rotatable bonds is 4. The molecular formula is C16H15NO5. The number of nitrogens with zero attached hydrogens (tertiary/aromatic N) is 1. The van der Waals surface area contributed by atoms with Gasteiger partial charge >= 0.3 is 5.97 Å². The van der Waals surface area contributed by atoms with Crippen LogP contribution in [0.5, 0.6) is 11.5 Å². The molecule has 0 atom stereocenters. The lowest BCUT2D eigenvalue weighted by Gasteiger charge is -2.22. The first-order valence-corrected chi connectivity index (χ1v) is 6.77. The van der Waals surface area contributed by atoms with E-state index in [0.717, 1.165) is 17.5 Å². The highest BCUT2D eigenvalue weighted by Crippen LogP contribution is 2.40. The van der Waals surface area contributed by atoms with Crippen LogP contribution in [0.3, 0.4) is 0 Å². The first-order chi connectivity index (χ1) is 10.6. The van der Waals surface area contributed by atoms with E-state index < -0.39 is 5.97 Å². The lowest BCUT2D eigenvalue weighted by atomic mass is 9.95. The minimum Gasteiger partial charge on any atom is -0.493 e. The van der Waals surface area contributed by atoms with E-state index in [1.165, 1.54) is 13.3 Å². The fourth-order valence-electron chi connectivity index (χ4n) is 2.93. The van der Waals surface area contributed by atoms with Crippen LogP contribution < -0.4 is 9.47 Å². The van der Waals surface area contributed by atoms with Gasteiger partial charge in [-0.25, -0.2) is 4.79 Å². The van der Waals surface area contributed by atoms with Gasteiger partial charge in [-0.05, 0) is 24.1 Å². The maximum Gasteiger partial charge on any atom is 0.337 e. The van der Waals surface area contributed by atoms with Crippen LogP contribution in [0.15, 0.2) is 18.3 Å². The molecule has 2 heterocycles. The fraction of sp³-hybridized carbons (Fsp3) is 0.250. The lowest BCUT2D eigenvalue weighted by Crippen LogP contribution is -2.11. The van der Waals surface area contributed by atoms with Crippen LogP contribution in [0, 0.1) is 0 Å². The maximum absolute atomic E-state index is 11.4. The van der Waals surface area contributed by atoms with Crippen molar-refractivity contribution in [2.24, 2.45) is 0 Å². The van der Waals surface area contributed by atoms with Crippen LogP contribution in [-0.4, -0.2) is 36.1 Å². The summed E-state index contributed by atoms with van der Waals surface area (Å²) in [4.78, 5) is 22.7. The molecule has 1 N–H and O–H groups in total. The van der Waals surface area contributed by atoms with Gasteiger partial charge in [-0.2, -0.15) is 0 Å². The summed E-state index contributed by atoms with van der Waals surface area (Å²) in [5.41, 5.74) is 2.64. The van der Waals surface area contributed by atoms with Crippen LogP contribution in [0.2, 0.25) is 0 Å². The monoisotopic (exact) mass is 301 g/mol. The van der Waals surface area contributed by atoms with Gasteiger partial charge in [-0.3, -0.25) is 4.79 Å². The number of benzene rings is 1. The zero-order chi connectivity index (χ0) is 15.9. The molecular weight excluding hydrogens is 286 g/mol. The Balaban J connectivity index is 2.29. The molecule has 0 unspecified atom stereocenters. The third-order valence-corrected chi connectivity index (χ3v) is 3.95. The van der Waals surface area contributed by atoms with Crippen LogP contribution in [-0.2, 0) is 13.0 Å². The predicted octanol–water partition coefficient (Wildman–Crippen LogP) is 2.24. The number of carbonyl (C=O) groups excluding carboxylic acids is 1. The summed E-state index contributed by atoms with van der Waals surface area (Å²) in [6.07, 6.45) is 2.84. The van der Waals surface area contributed by atoms with Gasteiger partial charge in [-0.15, -0.1) is 0 Å². The zero-order valence-corrected chi connectivity index (χ0v) is 12.3. The molecule has 0 amide bonds. The summed E-state index contributed by atoms with van der Waals surface area (Å²) >= 11 is 0.